The summed E-state index contributed by atoms with van der Waals surface area (Å²) in [5.41, 5.74) is 1.48. The molecule has 0 unspecified atom stereocenters. The number of rotatable bonds is 24. The maximum Gasteiger partial charge on any atom is 0.331 e. The first kappa shape index (κ1) is 41.6. The fourth-order valence-corrected chi connectivity index (χ4v) is 5.57. The second-order valence-corrected chi connectivity index (χ2v) is 13.3. The second-order valence-electron chi connectivity index (χ2n) is 13.3. The smallest absolute Gasteiger partial charge is 0.331 e. The van der Waals surface area contributed by atoms with Crippen molar-refractivity contribution in [2.45, 2.75) is 119 Å². The summed E-state index contributed by atoms with van der Waals surface area (Å²) in [6, 6.07) is 8.98. The Morgan fingerprint density at radius 1 is 0.389 bits per heavy atom. The van der Waals surface area contributed by atoms with Crippen molar-refractivity contribution >= 4 is 0 Å². The summed E-state index contributed by atoms with van der Waals surface area (Å²) in [6.07, 6.45) is 12.8. The molecule has 4 rings (SSSR count). The standard InChI is InChI=1S/C42H57N3O9/c1-7-10-13-16-25-49-31-19-22-34(37(46)28(31)4)52-40-43-41(53-35-23-20-32(29(5)38(35)47)50-26-17-14-11-8-2)45-42(44-40)54-36-24-21-33(30(6)39(36)48)51-27-18-15-12-9-3/h19-24,46-48H,7-18,25-27H2,1-6H3. The molecule has 3 aromatic carbocycles. The molecule has 0 saturated carbocycles. The van der Waals surface area contributed by atoms with Crippen LogP contribution in [0.25, 0.3) is 0 Å². The van der Waals surface area contributed by atoms with Crippen LogP contribution in [-0.4, -0.2) is 50.1 Å². The Morgan fingerprint density at radius 3 is 0.907 bits per heavy atom. The number of phenols is 3. The van der Waals surface area contributed by atoms with E-state index in [-0.39, 0.29) is 52.5 Å². The summed E-state index contributed by atoms with van der Waals surface area (Å²) >= 11 is 0. The van der Waals surface area contributed by atoms with Gasteiger partial charge in [-0.3, -0.25) is 0 Å². The van der Waals surface area contributed by atoms with Crippen LogP contribution in [0.2, 0.25) is 0 Å². The number of aromatic nitrogens is 3. The van der Waals surface area contributed by atoms with Gasteiger partial charge in [0.2, 0.25) is 0 Å². The van der Waals surface area contributed by atoms with Gasteiger partial charge < -0.3 is 43.7 Å². The van der Waals surface area contributed by atoms with Gasteiger partial charge in [-0.2, -0.15) is 0 Å². The van der Waals surface area contributed by atoms with Crippen molar-refractivity contribution in [3.63, 3.8) is 0 Å². The summed E-state index contributed by atoms with van der Waals surface area (Å²) < 4.78 is 35.6. The third-order valence-electron chi connectivity index (χ3n) is 8.98. The molecule has 1 aromatic heterocycles. The molecule has 0 aliphatic heterocycles. The molecule has 4 aromatic rings. The molecule has 0 aliphatic carbocycles. The summed E-state index contributed by atoms with van der Waals surface area (Å²) in [6.45, 7) is 13.3. The van der Waals surface area contributed by atoms with Gasteiger partial charge in [0.15, 0.2) is 34.5 Å². The van der Waals surface area contributed by atoms with Crippen LogP contribution in [0.3, 0.4) is 0 Å². The van der Waals surface area contributed by atoms with E-state index in [0.29, 0.717) is 53.8 Å². The largest absolute Gasteiger partial charge is 0.504 e. The van der Waals surface area contributed by atoms with Gasteiger partial charge in [0, 0.05) is 16.7 Å². The third kappa shape index (κ3) is 11.9. The number of phenolic OH excluding ortho intramolecular Hbond substituents is 3. The van der Waals surface area contributed by atoms with E-state index in [4.69, 9.17) is 28.4 Å². The summed E-state index contributed by atoms with van der Waals surface area (Å²) in [5.74, 6) is 1.36. The Morgan fingerprint density at radius 2 is 0.648 bits per heavy atom. The van der Waals surface area contributed by atoms with Gasteiger partial charge in [0.1, 0.15) is 17.2 Å². The van der Waals surface area contributed by atoms with Gasteiger partial charge in [-0.15, -0.1) is 15.0 Å². The van der Waals surface area contributed by atoms with Crippen LogP contribution in [0.4, 0.5) is 0 Å². The number of hydrogen-bond acceptors (Lipinski definition) is 12. The first-order chi connectivity index (χ1) is 26.2. The van der Waals surface area contributed by atoms with Crippen LogP contribution in [0.1, 0.15) is 115 Å². The van der Waals surface area contributed by atoms with Crippen molar-refractivity contribution in [2.75, 3.05) is 19.8 Å². The van der Waals surface area contributed by atoms with Crippen molar-refractivity contribution in [1.82, 2.24) is 15.0 Å². The van der Waals surface area contributed by atoms with E-state index in [9.17, 15) is 15.3 Å². The minimum absolute atomic E-state index is 0.0622. The Hall–Kier alpha value is -5.13. The highest BCUT2D eigenvalue weighted by Gasteiger charge is 2.21. The van der Waals surface area contributed by atoms with Crippen molar-refractivity contribution in [3.8, 4) is 69.8 Å². The highest BCUT2D eigenvalue weighted by atomic mass is 16.5. The molecule has 1 heterocycles. The van der Waals surface area contributed by atoms with Gasteiger partial charge in [-0.05, 0) is 76.4 Å². The van der Waals surface area contributed by atoms with E-state index in [0.717, 1.165) is 77.0 Å². The molecular formula is C42H57N3O9. The van der Waals surface area contributed by atoms with Gasteiger partial charge in [-0.25, -0.2) is 0 Å². The predicted molar refractivity (Wildman–Crippen MR) is 207 cm³/mol. The summed E-state index contributed by atoms with van der Waals surface area (Å²) in [7, 11) is 0. The van der Waals surface area contributed by atoms with E-state index in [1.54, 1.807) is 57.2 Å². The average molecular weight is 748 g/mol. The molecule has 0 amide bonds. The number of nitrogens with zero attached hydrogens (tertiary/aromatic N) is 3. The maximum absolute atomic E-state index is 11.1. The monoisotopic (exact) mass is 747 g/mol. The Kier molecular flexibility index (Phi) is 16.6. The molecule has 0 saturated heterocycles. The predicted octanol–water partition coefficient (Wildman–Crippen LogP) is 11.2. The van der Waals surface area contributed by atoms with Crippen LogP contribution >= 0.6 is 0 Å². The third-order valence-corrected chi connectivity index (χ3v) is 8.98. The number of aromatic hydroxyl groups is 3. The molecule has 0 spiro atoms. The van der Waals surface area contributed by atoms with E-state index >= 15 is 0 Å². The molecule has 12 heteroatoms. The molecule has 12 nitrogen and oxygen atoms in total. The topological polar surface area (TPSA) is 155 Å². The minimum Gasteiger partial charge on any atom is -0.504 e. The van der Waals surface area contributed by atoms with Crippen LogP contribution in [0.5, 0.6) is 69.8 Å². The van der Waals surface area contributed by atoms with Gasteiger partial charge in [0.05, 0.1) is 19.8 Å². The highest BCUT2D eigenvalue weighted by Crippen LogP contribution is 2.42. The average Bonchev–Trinajstić information content (AvgIpc) is 3.16. The van der Waals surface area contributed by atoms with Crippen molar-refractivity contribution in [3.05, 3.63) is 53.1 Å². The van der Waals surface area contributed by atoms with Gasteiger partial charge >= 0.3 is 18.0 Å². The Balaban J connectivity index is 1.60. The van der Waals surface area contributed by atoms with Gasteiger partial charge in [0.25, 0.3) is 0 Å². The van der Waals surface area contributed by atoms with Crippen LogP contribution in [-0.2, 0) is 0 Å². The molecule has 0 fully saturated rings. The van der Waals surface area contributed by atoms with E-state index in [1.807, 2.05) is 0 Å². The lowest BCUT2D eigenvalue weighted by atomic mass is 10.2. The lowest BCUT2D eigenvalue weighted by Gasteiger charge is -2.16. The first-order valence-electron chi connectivity index (χ1n) is 19.3. The molecule has 3 N–H and O–H groups in total. The normalized spacial score (nSPS) is 11.0. The van der Waals surface area contributed by atoms with Gasteiger partial charge in [-0.1, -0.05) is 78.6 Å². The Labute approximate surface area is 319 Å². The minimum atomic E-state index is -0.274. The molecule has 54 heavy (non-hydrogen) atoms. The number of ether oxygens (including phenoxy) is 6. The quantitative estimate of drug-likeness (QED) is 0.0584. The Bertz CT molecular complexity index is 1570. The molecule has 0 bridgehead atoms. The zero-order valence-corrected chi connectivity index (χ0v) is 32.7. The highest BCUT2D eigenvalue weighted by molar-refractivity contribution is 5.55. The van der Waals surface area contributed by atoms with Crippen molar-refractivity contribution in [1.29, 1.82) is 0 Å². The van der Waals surface area contributed by atoms with E-state index in [2.05, 4.69) is 35.7 Å². The number of benzene rings is 3. The fourth-order valence-electron chi connectivity index (χ4n) is 5.57. The summed E-state index contributed by atoms with van der Waals surface area (Å²) in [4.78, 5) is 12.9. The molecule has 294 valence electrons. The lowest BCUT2D eigenvalue weighted by Crippen LogP contribution is -2.03. The molecule has 0 atom stereocenters. The lowest BCUT2D eigenvalue weighted by molar-refractivity contribution is 0.296. The SMILES string of the molecule is CCCCCCOc1ccc(Oc2nc(Oc3ccc(OCCCCCC)c(C)c3O)nc(Oc3ccc(OCCCCCC)c(C)c3O)n2)c(O)c1C. The van der Waals surface area contributed by atoms with Crippen LogP contribution in [0, 0.1) is 20.8 Å². The van der Waals surface area contributed by atoms with E-state index in [1.165, 1.54) is 0 Å². The van der Waals surface area contributed by atoms with Crippen LogP contribution in [0.15, 0.2) is 36.4 Å². The number of unbranched alkanes of at least 4 members (excludes halogenated alkanes) is 9. The zero-order chi connectivity index (χ0) is 38.9. The summed E-state index contributed by atoms with van der Waals surface area (Å²) in [5, 5.41) is 33.2. The fraction of sp³-hybridized carbons (Fsp3) is 0.500. The number of hydrogen-bond donors (Lipinski definition) is 3. The van der Waals surface area contributed by atoms with Crippen LogP contribution < -0.4 is 28.4 Å². The first-order valence-corrected chi connectivity index (χ1v) is 19.3. The zero-order valence-electron chi connectivity index (χ0n) is 32.7. The van der Waals surface area contributed by atoms with Crippen molar-refractivity contribution in [2.24, 2.45) is 0 Å². The molecule has 0 radical (unpaired) electrons. The molecule has 0 aliphatic rings. The molecular weight excluding hydrogens is 690 g/mol. The maximum atomic E-state index is 11.1. The van der Waals surface area contributed by atoms with Crippen molar-refractivity contribution < 1.29 is 43.7 Å². The second kappa shape index (κ2) is 21.5. The van der Waals surface area contributed by atoms with E-state index < -0.39 is 0 Å².